The Kier molecular flexibility index (Phi) is 9.11. The molecule has 0 aromatic carbocycles. The number of allylic oxidation sites excluding steroid dienone is 1. The maximum Gasteiger partial charge on any atom is 0.397 e. The Labute approximate surface area is 115 Å². The average Bonchev–Trinajstić information content (AvgIpc) is 2.78. The molecular weight excluding hydrogens is 268 g/mol. The van der Waals surface area contributed by atoms with E-state index in [1.165, 1.54) is 12.3 Å². The summed E-state index contributed by atoms with van der Waals surface area (Å²) in [5, 5.41) is 0. The Balaban J connectivity index is 0.000000459. The lowest BCUT2D eigenvalue weighted by Gasteiger charge is -2.18. The Morgan fingerprint density at radius 2 is 2.11 bits per heavy atom. The highest BCUT2D eigenvalue weighted by Crippen LogP contribution is 2.07. The van der Waals surface area contributed by atoms with Crippen molar-refractivity contribution in [1.82, 2.24) is 4.90 Å². The summed E-state index contributed by atoms with van der Waals surface area (Å²) >= 11 is 0. The second-order valence-electron chi connectivity index (χ2n) is 3.80. The summed E-state index contributed by atoms with van der Waals surface area (Å²) in [6.07, 6.45) is 7.08. The number of unbranched alkanes of at least 4 members (excludes halogenated alkanes) is 1. The van der Waals surface area contributed by atoms with E-state index in [0.717, 1.165) is 39.6 Å². The van der Waals surface area contributed by atoms with E-state index in [-0.39, 0.29) is 0 Å². The molecule has 1 heterocycles. The second kappa shape index (κ2) is 9.71. The van der Waals surface area contributed by atoms with Crippen LogP contribution in [0.1, 0.15) is 19.3 Å². The number of rotatable bonds is 7. The molecule has 0 aliphatic carbocycles. The van der Waals surface area contributed by atoms with Gasteiger partial charge in [0.05, 0.1) is 13.7 Å². The highest BCUT2D eigenvalue weighted by atomic mass is 32.3. The van der Waals surface area contributed by atoms with Crippen LogP contribution in [-0.2, 0) is 14.6 Å². The molecule has 0 aromatic rings. The van der Waals surface area contributed by atoms with Crippen molar-refractivity contribution in [3.05, 3.63) is 25.3 Å². The minimum atomic E-state index is -4.16. The molecule has 0 amide bonds. The number of hydrogen-bond acceptors (Lipinski definition) is 5. The Bertz CT molecular complexity index is 404. The largest absolute Gasteiger partial charge is 0.397 e. The molecule has 0 bridgehead atoms. The van der Waals surface area contributed by atoms with E-state index in [0.29, 0.717) is 0 Å². The molecule has 1 N–H and O–H groups in total. The van der Waals surface area contributed by atoms with Gasteiger partial charge < -0.3 is 4.90 Å². The summed E-state index contributed by atoms with van der Waals surface area (Å²) in [7, 11) is -3.29. The zero-order valence-corrected chi connectivity index (χ0v) is 12.1. The van der Waals surface area contributed by atoms with Crippen molar-refractivity contribution >= 4 is 16.2 Å². The molecule has 1 aliphatic rings. The molecule has 0 unspecified atom stereocenters. The quantitative estimate of drug-likeness (QED) is 0.438. The fraction of sp³-hybridized carbons (Fsp3) is 0.583. The summed E-state index contributed by atoms with van der Waals surface area (Å²) in [6.45, 7) is 10.6. The van der Waals surface area contributed by atoms with Crippen molar-refractivity contribution in [1.29, 1.82) is 0 Å². The van der Waals surface area contributed by atoms with Gasteiger partial charge in [0, 0.05) is 19.5 Å². The van der Waals surface area contributed by atoms with E-state index < -0.39 is 10.4 Å². The molecule has 110 valence electrons. The molecular formula is C12H22N2O4S. The maximum atomic E-state index is 9.33. The van der Waals surface area contributed by atoms with Crippen molar-refractivity contribution in [3.63, 3.8) is 0 Å². The number of aliphatic imine (C=N–C) groups is 1. The first-order chi connectivity index (χ1) is 8.94. The third kappa shape index (κ3) is 9.40. The Morgan fingerprint density at radius 3 is 2.58 bits per heavy atom. The van der Waals surface area contributed by atoms with Crippen LogP contribution < -0.4 is 0 Å². The first-order valence-electron chi connectivity index (χ1n) is 5.97. The van der Waals surface area contributed by atoms with E-state index in [2.05, 4.69) is 27.2 Å². The predicted octanol–water partition coefficient (Wildman–Crippen LogP) is 1.68. The Morgan fingerprint density at radius 1 is 1.47 bits per heavy atom. The van der Waals surface area contributed by atoms with Crippen LogP contribution in [0.15, 0.2) is 30.3 Å². The van der Waals surface area contributed by atoms with E-state index in [1.54, 1.807) is 0 Å². The van der Waals surface area contributed by atoms with Gasteiger partial charge in [-0.1, -0.05) is 12.2 Å². The van der Waals surface area contributed by atoms with E-state index >= 15 is 0 Å². The van der Waals surface area contributed by atoms with Crippen molar-refractivity contribution in [3.8, 4) is 0 Å². The lowest BCUT2D eigenvalue weighted by atomic mass is 10.2. The van der Waals surface area contributed by atoms with Crippen LogP contribution >= 0.6 is 0 Å². The lowest BCUT2D eigenvalue weighted by Crippen LogP contribution is -2.28. The van der Waals surface area contributed by atoms with Crippen molar-refractivity contribution in [2.75, 3.05) is 26.7 Å². The third-order valence-electron chi connectivity index (χ3n) is 2.40. The minimum Gasteiger partial charge on any atom is -0.358 e. The van der Waals surface area contributed by atoms with Gasteiger partial charge in [0.25, 0.3) is 0 Å². The molecule has 7 heteroatoms. The fourth-order valence-corrected chi connectivity index (χ4v) is 1.52. The summed E-state index contributed by atoms with van der Waals surface area (Å²) in [5.74, 6) is 1.21. The zero-order valence-electron chi connectivity index (χ0n) is 11.3. The van der Waals surface area contributed by atoms with Crippen molar-refractivity contribution in [2.45, 2.75) is 19.3 Å². The molecule has 1 aliphatic heterocycles. The molecule has 19 heavy (non-hydrogen) atoms. The van der Waals surface area contributed by atoms with Gasteiger partial charge in [-0.25, -0.2) is 0 Å². The molecule has 0 fully saturated rings. The zero-order chi connectivity index (χ0) is 14.7. The molecule has 0 aromatic heterocycles. The number of hydrogen-bond donors (Lipinski definition) is 1. The van der Waals surface area contributed by atoms with Crippen LogP contribution in [0.4, 0.5) is 0 Å². The van der Waals surface area contributed by atoms with Crippen LogP contribution in [0.5, 0.6) is 0 Å². The average molecular weight is 290 g/mol. The third-order valence-corrected chi connectivity index (χ3v) is 2.82. The van der Waals surface area contributed by atoms with Crippen LogP contribution in [0, 0.1) is 0 Å². The molecule has 0 saturated heterocycles. The predicted molar refractivity (Wildman–Crippen MR) is 76.7 cm³/mol. The van der Waals surface area contributed by atoms with Gasteiger partial charge in [0.1, 0.15) is 5.84 Å². The van der Waals surface area contributed by atoms with Gasteiger partial charge in [-0.3, -0.25) is 13.7 Å². The molecule has 0 spiro atoms. The first kappa shape index (κ1) is 17.8. The number of amidine groups is 1. The topological polar surface area (TPSA) is 79.2 Å². The van der Waals surface area contributed by atoms with Crippen LogP contribution in [0.2, 0.25) is 0 Å². The van der Waals surface area contributed by atoms with E-state index in [9.17, 15) is 8.42 Å². The SMILES string of the molecule is C=CCCCN1CCN=C1CC=C.COS(=O)(=O)O. The molecule has 0 saturated carbocycles. The summed E-state index contributed by atoms with van der Waals surface area (Å²) < 4.78 is 29.7. The number of nitrogens with zero attached hydrogens (tertiary/aromatic N) is 2. The standard InChI is InChI=1S/C11H18N2.CH4O4S/c1-3-5-6-9-13-10-8-12-11(13)7-4-2;1-5-6(2,3)4/h3-4H,1-2,5-10H2;1H3,(H,2,3,4). The monoisotopic (exact) mass is 290 g/mol. The van der Waals surface area contributed by atoms with Gasteiger partial charge in [0.15, 0.2) is 0 Å². The lowest BCUT2D eigenvalue weighted by molar-refractivity contribution is 0.324. The highest BCUT2D eigenvalue weighted by Gasteiger charge is 2.13. The summed E-state index contributed by atoms with van der Waals surface area (Å²) in [5.41, 5.74) is 0. The smallest absolute Gasteiger partial charge is 0.358 e. The van der Waals surface area contributed by atoms with Crippen molar-refractivity contribution < 1.29 is 17.2 Å². The van der Waals surface area contributed by atoms with Crippen LogP contribution in [0.3, 0.4) is 0 Å². The van der Waals surface area contributed by atoms with Gasteiger partial charge in [0.2, 0.25) is 0 Å². The van der Waals surface area contributed by atoms with Gasteiger partial charge in [-0.05, 0) is 12.8 Å². The molecule has 1 rings (SSSR count). The highest BCUT2D eigenvalue weighted by molar-refractivity contribution is 7.80. The maximum absolute atomic E-state index is 9.33. The fourth-order valence-electron chi connectivity index (χ4n) is 1.52. The molecule has 6 nitrogen and oxygen atoms in total. The Hall–Kier alpha value is -1.18. The normalized spacial score (nSPS) is 14.4. The van der Waals surface area contributed by atoms with E-state index in [1.807, 2.05) is 12.2 Å². The minimum absolute atomic E-state index is 0.870. The summed E-state index contributed by atoms with van der Waals surface area (Å²) in [4.78, 5) is 6.78. The van der Waals surface area contributed by atoms with Gasteiger partial charge >= 0.3 is 10.4 Å². The first-order valence-corrected chi connectivity index (χ1v) is 7.34. The van der Waals surface area contributed by atoms with Crippen LogP contribution in [-0.4, -0.2) is 50.5 Å². The molecule has 0 radical (unpaired) electrons. The van der Waals surface area contributed by atoms with E-state index in [4.69, 9.17) is 4.55 Å². The van der Waals surface area contributed by atoms with Crippen LogP contribution in [0.25, 0.3) is 0 Å². The molecule has 0 atom stereocenters. The van der Waals surface area contributed by atoms with Crippen molar-refractivity contribution in [2.24, 2.45) is 4.99 Å². The van der Waals surface area contributed by atoms with Gasteiger partial charge in [-0.2, -0.15) is 8.42 Å². The summed E-state index contributed by atoms with van der Waals surface area (Å²) in [6, 6.07) is 0. The second-order valence-corrected chi connectivity index (χ2v) is 4.99. The van der Waals surface area contributed by atoms with Gasteiger partial charge in [-0.15, -0.1) is 13.2 Å².